The molecule has 150 valence electrons. The van der Waals surface area contributed by atoms with Crippen LogP contribution in [0.1, 0.15) is 11.1 Å². The molecule has 2 heterocycles. The van der Waals surface area contributed by atoms with E-state index in [-0.39, 0.29) is 18.4 Å². The largest absolute Gasteiger partial charge is 0.496 e. The van der Waals surface area contributed by atoms with Crippen molar-refractivity contribution in [3.05, 3.63) is 95.9 Å². The SMILES string of the molecule is COc1ccccc1C1=C(N(C)c2ccccc2)C(=O)N(Cc2cccnc2)C1=O. The molecule has 0 aliphatic carbocycles. The lowest BCUT2D eigenvalue weighted by molar-refractivity contribution is -0.137. The molecule has 0 unspecified atom stereocenters. The number of imide groups is 1. The van der Waals surface area contributed by atoms with E-state index in [4.69, 9.17) is 4.74 Å². The molecule has 2 amide bonds. The molecule has 2 aromatic carbocycles. The molecule has 0 bridgehead atoms. The normalized spacial score (nSPS) is 13.7. The van der Waals surface area contributed by atoms with Gasteiger partial charge in [-0.25, -0.2) is 0 Å². The molecule has 6 heteroatoms. The van der Waals surface area contributed by atoms with Gasteiger partial charge in [-0.2, -0.15) is 0 Å². The van der Waals surface area contributed by atoms with Crippen molar-refractivity contribution in [2.75, 3.05) is 19.1 Å². The Balaban J connectivity index is 1.84. The van der Waals surface area contributed by atoms with Crippen LogP contribution in [-0.4, -0.2) is 35.9 Å². The zero-order valence-electron chi connectivity index (χ0n) is 16.8. The molecule has 0 fully saturated rings. The third-order valence-corrected chi connectivity index (χ3v) is 5.06. The number of rotatable bonds is 6. The molecule has 30 heavy (non-hydrogen) atoms. The van der Waals surface area contributed by atoms with Crippen LogP contribution in [0, 0.1) is 0 Å². The molecule has 0 N–H and O–H groups in total. The minimum absolute atomic E-state index is 0.149. The standard InChI is InChI=1S/C24H21N3O3/c1-26(18-10-4-3-5-11-18)22-21(19-12-6-7-13-20(19)30-2)23(28)27(24(22)29)16-17-9-8-14-25-15-17/h3-15H,16H2,1-2H3. The molecule has 0 atom stereocenters. The van der Waals surface area contributed by atoms with Gasteiger partial charge < -0.3 is 9.64 Å². The molecule has 0 saturated carbocycles. The predicted molar refractivity (Wildman–Crippen MR) is 115 cm³/mol. The van der Waals surface area contributed by atoms with Gasteiger partial charge in [-0.15, -0.1) is 0 Å². The molecular formula is C24H21N3O3. The van der Waals surface area contributed by atoms with Crippen LogP contribution in [0.2, 0.25) is 0 Å². The average molecular weight is 399 g/mol. The number of carbonyl (C=O) groups excluding carboxylic acids is 2. The first kappa shape index (κ1) is 19.4. The fraction of sp³-hybridized carbons (Fsp3) is 0.125. The second-order valence-electron chi connectivity index (χ2n) is 6.88. The van der Waals surface area contributed by atoms with Gasteiger partial charge in [0.25, 0.3) is 11.8 Å². The summed E-state index contributed by atoms with van der Waals surface area (Å²) < 4.78 is 5.48. The smallest absolute Gasteiger partial charge is 0.278 e. The Labute approximate surface area is 175 Å². The minimum Gasteiger partial charge on any atom is -0.496 e. The molecule has 1 aliphatic heterocycles. The van der Waals surface area contributed by atoms with Crippen LogP contribution in [0.15, 0.2) is 84.8 Å². The summed E-state index contributed by atoms with van der Waals surface area (Å²) in [4.78, 5) is 34.0. The summed E-state index contributed by atoms with van der Waals surface area (Å²) in [5.41, 5.74) is 2.82. The fourth-order valence-electron chi connectivity index (χ4n) is 3.57. The van der Waals surface area contributed by atoms with Crippen molar-refractivity contribution in [3.63, 3.8) is 0 Å². The number of nitrogens with zero attached hydrogens (tertiary/aromatic N) is 3. The van der Waals surface area contributed by atoms with E-state index in [9.17, 15) is 9.59 Å². The fourth-order valence-corrected chi connectivity index (χ4v) is 3.57. The third kappa shape index (κ3) is 3.43. The second-order valence-corrected chi connectivity index (χ2v) is 6.88. The maximum Gasteiger partial charge on any atom is 0.278 e. The Morgan fingerprint density at radius 3 is 2.37 bits per heavy atom. The average Bonchev–Trinajstić information content (AvgIpc) is 3.04. The first-order valence-corrected chi connectivity index (χ1v) is 9.53. The van der Waals surface area contributed by atoms with E-state index in [2.05, 4.69) is 4.98 Å². The number of benzene rings is 2. The molecule has 4 rings (SSSR count). The van der Waals surface area contributed by atoms with Gasteiger partial charge in [0.1, 0.15) is 11.4 Å². The Morgan fingerprint density at radius 2 is 1.67 bits per heavy atom. The highest BCUT2D eigenvalue weighted by Crippen LogP contribution is 2.37. The van der Waals surface area contributed by atoms with Gasteiger partial charge in [-0.3, -0.25) is 19.5 Å². The molecule has 1 aromatic heterocycles. The lowest BCUT2D eigenvalue weighted by atomic mass is 10.0. The van der Waals surface area contributed by atoms with Crippen molar-refractivity contribution in [1.82, 2.24) is 9.88 Å². The number of hydrogen-bond donors (Lipinski definition) is 0. The van der Waals surface area contributed by atoms with Crippen LogP contribution >= 0.6 is 0 Å². The van der Waals surface area contributed by atoms with Gasteiger partial charge in [0.05, 0.1) is 19.2 Å². The molecule has 0 spiro atoms. The molecule has 6 nitrogen and oxygen atoms in total. The van der Waals surface area contributed by atoms with E-state index in [1.54, 1.807) is 49.7 Å². The van der Waals surface area contributed by atoms with E-state index in [1.807, 2.05) is 48.5 Å². The van der Waals surface area contributed by atoms with Crippen LogP contribution in [0.3, 0.4) is 0 Å². The Hall–Kier alpha value is -3.93. The van der Waals surface area contributed by atoms with Gasteiger partial charge in [0, 0.05) is 30.7 Å². The highest BCUT2D eigenvalue weighted by atomic mass is 16.5. The van der Waals surface area contributed by atoms with Crippen molar-refractivity contribution < 1.29 is 14.3 Å². The number of para-hydroxylation sites is 2. The number of carbonyl (C=O) groups is 2. The molecule has 0 saturated heterocycles. The van der Waals surface area contributed by atoms with Crippen molar-refractivity contribution in [2.45, 2.75) is 6.54 Å². The first-order valence-electron chi connectivity index (χ1n) is 9.53. The van der Waals surface area contributed by atoms with Gasteiger partial charge in [-0.1, -0.05) is 42.5 Å². The van der Waals surface area contributed by atoms with E-state index < -0.39 is 0 Å². The highest BCUT2D eigenvalue weighted by Gasteiger charge is 2.42. The summed E-state index contributed by atoms with van der Waals surface area (Å²) in [6, 6.07) is 20.3. The maximum absolute atomic E-state index is 13.5. The molecule has 0 radical (unpaired) electrons. The second kappa shape index (κ2) is 8.21. The number of ether oxygens (including phenoxy) is 1. The lowest BCUT2D eigenvalue weighted by Crippen LogP contribution is -2.33. The summed E-state index contributed by atoms with van der Waals surface area (Å²) in [6.07, 6.45) is 3.31. The number of likely N-dealkylation sites (N-methyl/N-ethyl adjacent to an activating group) is 1. The number of anilines is 1. The number of hydrogen-bond acceptors (Lipinski definition) is 5. The van der Waals surface area contributed by atoms with E-state index >= 15 is 0 Å². The summed E-state index contributed by atoms with van der Waals surface area (Å²) in [5.74, 6) is -0.168. The van der Waals surface area contributed by atoms with E-state index in [0.29, 0.717) is 22.6 Å². The topological polar surface area (TPSA) is 62.7 Å². The van der Waals surface area contributed by atoms with Crippen molar-refractivity contribution in [3.8, 4) is 5.75 Å². The third-order valence-electron chi connectivity index (χ3n) is 5.06. The summed E-state index contributed by atoms with van der Waals surface area (Å²) >= 11 is 0. The zero-order valence-corrected chi connectivity index (χ0v) is 16.8. The Kier molecular flexibility index (Phi) is 5.30. The predicted octanol–water partition coefficient (Wildman–Crippen LogP) is 3.51. The number of amides is 2. The highest BCUT2D eigenvalue weighted by molar-refractivity contribution is 6.37. The Bertz CT molecular complexity index is 1110. The zero-order chi connectivity index (χ0) is 21.1. The maximum atomic E-state index is 13.5. The van der Waals surface area contributed by atoms with Crippen LogP contribution in [0.4, 0.5) is 5.69 Å². The number of methoxy groups -OCH3 is 1. The van der Waals surface area contributed by atoms with Gasteiger partial charge in [0.15, 0.2) is 0 Å². The first-order chi connectivity index (χ1) is 14.6. The van der Waals surface area contributed by atoms with Crippen LogP contribution in [0.25, 0.3) is 5.57 Å². The van der Waals surface area contributed by atoms with E-state index in [1.165, 1.54) is 4.90 Å². The molecule has 3 aromatic rings. The number of pyridine rings is 1. The van der Waals surface area contributed by atoms with Gasteiger partial charge in [-0.05, 0) is 29.8 Å². The van der Waals surface area contributed by atoms with Crippen molar-refractivity contribution in [2.24, 2.45) is 0 Å². The van der Waals surface area contributed by atoms with Crippen LogP contribution in [0.5, 0.6) is 5.75 Å². The van der Waals surface area contributed by atoms with Gasteiger partial charge in [0.2, 0.25) is 0 Å². The van der Waals surface area contributed by atoms with Crippen LogP contribution < -0.4 is 9.64 Å². The molecular weight excluding hydrogens is 378 g/mol. The lowest BCUT2D eigenvalue weighted by Gasteiger charge is -2.21. The van der Waals surface area contributed by atoms with Crippen LogP contribution in [-0.2, 0) is 16.1 Å². The minimum atomic E-state index is -0.355. The van der Waals surface area contributed by atoms with E-state index in [0.717, 1.165) is 11.3 Å². The van der Waals surface area contributed by atoms with Crippen molar-refractivity contribution in [1.29, 1.82) is 0 Å². The van der Waals surface area contributed by atoms with Crippen molar-refractivity contribution >= 4 is 23.1 Å². The summed E-state index contributed by atoms with van der Waals surface area (Å²) in [6.45, 7) is 0.149. The Morgan fingerprint density at radius 1 is 0.933 bits per heavy atom. The number of aromatic nitrogens is 1. The molecule has 1 aliphatic rings. The summed E-state index contributed by atoms with van der Waals surface area (Å²) in [5, 5.41) is 0. The quantitative estimate of drug-likeness (QED) is 0.594. The van der Waals surface area contributed by atoms with Gasteiger partial charge >= 0.3 is 0 Å². The monoisotopic (exact) mass is 399 g/mol. The summed E-state index contributed by atoms with van der Waals surface area (Å²) in [7, 11) is 3.34.